The molecule has 0 unspecified atom stereocenters. The molecule has 0 aromatic carbocycles. The number of hydrogen-bond donors (Lipinski definition) is 0. The van der Waals surface area contributed by atoms with Crippen molar-refractivity contribution in [2.75, 3.05) is 0 Å². The Labute approximate surface area is 51.8 Å². The summed E-state index contributed by atoms with van der Waals surface area (Å²) in [6.45, 7) is 0. The third kappa shape index (κ3) is 337. The van der Waals surface area contributed by atoms with Gasteiger partial charge in [-0.05, 0) is 0 Å². The van der Waals surface area contributed by atoms with Crippen LogP contribution in [0.4, 0.5) is 0 Å². The van der Waals surface area contributed by atoms with E-state index in [9.17, 15) is 0 Å². The summed E-state index contributed by atoms with van der Waals surface area (Å²) in [6, 6.07) is 0. The first-order valence-corrected chi connectivity index (χ1v) is 2.19. The molecule has 0 saturated carbocycles. The molecular formula is O5PV-. The van der Waals surface area contributed by atoms with Gasteiger partial charge < -0.3 is 24.7 Å². The quantitative estimate of drug-likeness (QED) is 0.354. The topological polar surface area (TPSA) is 115 Å². The molecule has 41 valence electrons. The molecule has 0 aromatic rings. The molecule has 7 heavy (non-hydrogen) atoms. The third-order valence-corrected chi connectivity index (χ3v) is 0. The van der Waals surface area contributed by atoms with Gasteiger partial charge in [-0.1, -0.05) is 0 Å². The minimum Gasteiger partial charge on any atom is -2.00 e. The van der Waals surface area contributed by atoms with Gasteiger partial charge in [0.2, 0.25) is 0 Å². The first-order valence-electron chi connectivity index (χ1n) is 0.730. The third-order valence-electron chi connectivity index (χ3n) is 0. The van der Waals surface area contributed by atoms with Crippen molar-refractivity contribution >= 4 is 7.82 Å². The van der Waals surface area contributed by atoms with Crippen LogP contribution in [0.5, 0.6) is 0 Å². The van der Waals surface area contributed by atoms with Crippen molar-refractivity contribution in [1.82, 2.24) is 0 Å². The fourth-order valence-corrected chi connectivity index (χ4v) is 0. The van der Waals surface area contributed by atoms with E-state index in [4.69, 9.17) is 19.2 Å². The molecule has 5 nitrogen and oxygen atoms in total. The van der Waals surface area contributed by atoms with Crippen LogP contribution < -0.4 is 14.7 Å². The Morgan fingerprint density at radius 2 is 1.14 bits per heavy atom. The van der Waals surface area contributed by atoms with Crippen LogP contribution in [-0.2, 0) is 28.6 Å². The maximum absolute atomic E-state index is 8.55. The smallest absolute Gasteiger partial charge is 2.00 e. The van der Waals surface area contributed by atoms with Crippen LogP contribution in [0.1, 0.15) is 0 Å². The molecule has 0 saturated heterocycles. The summed E-state index contributed by atoms with van der Waals surface area (Å²) in [5, 5.41) is 0. The molecule has 7 heteroatoms. The van der Waals surface area contributed by atoms with E-state index in [2.05, 4.69) is 0 Å². The average Bonchev–Trinajstić information content (AvgIpc) is 0.722. The van der Waals surface area contributed by atoms with Gasteiger partial charge in [0.25, 0.3) is 0 Å². The zero-order valence-electron chi connectivity index (χ0n) is 2.94. The van der Waals surface area contributed by atoms with Crippen molar-refractivity contribution < 1.29 is 43.3 Å². The van der Waals surface area contributed by atoms with Gasteiger partial charge in [0.15, 0.2) is 0 Å². The van der Waals surface area contributed by atoms with Crippen molar-refractivity contribution in [3.05, 3.63) is 0 Å². The van der Waals surface area contributed by atoms with Crippen LogP contribution in [0, 0.1) is 0 Å². The first-order chi connectivity index (χ1) is 2.00. The van der Waals surface area contributed by atoms with Gasteiger partial charge in [0.1, 0.15) is 0 Å². The largest absolute Gasteiger partial charge is 4.00 e. The van der Waals surface area contributed by atoms with E-state index < -0.39 is 7.82 Å². The van der Waals surface area contributed by atoms with E-state index in [1.807, 2.05) is 0 Å². The van der Waals surface area contributed by atoms with Gasteiger partial charge in [-0.2, -0.15) is 7.82 Å². The first kappa shape index (κ1) is 15.6. The monoisotopic (exact) mass is 162 g/mol. The average molecular weight is 162 g/mol. The van der Waals surface area contributed by atoms with Crippen LogP contribution in [0.2, 0.25) is 0 Å². The number of phosphoric acid groups is 1. The second-order valence-corrected chi connectivity index (χ2v) is 1.34. The zero-order valence-corrected chi connectivity index (χ0v) is 5.23. The van der Waals surface area contributed by atoms with E-state index >= 15 is 0 Å². The predicted molar refractivity (Wildman–Crippen MR) is 8.29 cm³/mol. The van der Waals surface area contributed by atoms with Gasteiger partial charge >= 0.3 is 18.6 Å². The minimum absolute atomic E-state index is 0. The summed E-state index contributed by atoms with van der Waals surface area (Å²) < 4.78 is 8.55. The van der Waals surface area contributed by atoms with Crippen molar-refractivity contribution in [2.24, 2.45) is 0 Å². The van der Waals surface area contributed by atoms with Gasteiger partial charge in [0.05, 0.1) is 0 Å². The Bertz CT molecular complexity index is 54.2. The fourth-order valence-electron chi connectivity index (χ4n) is 0. The molecule has 0 atom stereocenters. The molecule has 0 aliphatic carbocycles. The Hall–Kier alpha value is 0.654. The molecule has 0 bridgehead atoms. The molecule has 0 fully saturated rings. The van der Waals surface area contributed by atoms with Crippen LogP contribution in [0.3, 0.4) is 0 Å². The van der Waals surface area contributed by atoms with Crippen LogP contribution in [0.15, 0.2) is 0 Å². The maximum atomic E-state index is 8.55. The molecule has 0 heterocycles. The standard InChI is InChI=1S/H3O4P.O.V/c1-5(2,3)4;;/h(H3,1,2,3,4);;/q;-2;+4/p-3. The molecule has 1 radical (unpaired) electrons. The molecular weight excluding hydrogens is 162 g/mol. The second kappa shape index (κ2) is 4.80. The fraction of sp³-hybridized carbons (Fsp3) is 0. The van der Waals surface area contributed by atoms with E-state index in [0.29, 0.717) is 0 Å². The predicted octanol–water partition coefficient (Wildman–Crippen LogP) is -2.95. The molecule has 0 amide bonds. The molecule has 0 rings (SSSR count). The SMILES string of the molecule is O=P([O-])([O-])[O-].[O-2].[V+4]. The van der Waals surface area contributed by atoms with Crippen molar-refractivity contribution in [3.63, 3.8) is 0 Å². The van der Waals surface area contributed by atoms with Gasteiger partial charge in [-0.15, -0.1) is 0 Å². The molecule has 0 aliphatic rings. The Morgan fingerprint density at radius 3 is 1.14 bits per heavy atom. The van der Waals surface area contributed by atoms with Crippen LogP contribution in [-0.4, -0.2) is 0 Å². The molecule has 0 aliphatic heterocycles. The van der Waals surface area contributed by atoms with Crippen molar-refractivity contribution in [3.8, 4) is 0 Å². The van der Waals surface area contributed by atoms with Crippen LogP contribution in [0.25, 0.3) is 0 Å². The van der Waals surface area contributed by atoms with E-state index in [1.54, 1.807) is 0 Å². The van der Waals surface area contributed by atoms with Crippen molar-refractivity contribution in [1.29, 1.82) is 0 Å². The summed E-state index contributed by atoms with van der Waals surface area (Å²) in [6.07, 6.45) is 0. The van der Waals surface area contributed by atoms with Gasteiger partial charge in [-0.25, -0.2) is 0 Å². The number of hydrogen-bond acceptors (Lipinski definition) is 4. The summed E-state index contributed by atoms with van der Waals surface area (Å²) in [5.41, 5.74) is 0. The summed E-state index contributed by atoms with van der Waals surface area (Å²) in [7, 11) is -5.39. The van der Waals surface area contributed by atoms with E-state index in [-0.39, 0.29) is 24.0 Å². The van der Waals surface area contributed by atoms with Gasteiger partial charge in [0, 0.05) is 0 Å². The zero-order chi connectivity index (χ0) is 4.50. The van der Waals surface area contributed by atoms with E-state index in [1.165, 1.54) is 0 Å². The minimum atomic E-state index is -5.39. The maximum Gasteiger partial charge on any atom is 4.00 e. The summed E-state index contributed by atoms with van der Waals surface area (Å²) in [5.74, 6) is 0. The Kier molecular flexibility index (Phi) is 10.7. The Morgan fingerprint density at radius 1 is 1.14 bits per heavy atom. The Balaban J connectivity index is -0.0000000800. The summed E-state index contributed by atoms with van der Waals surface area (Å²) in [4.78, 5) is 25.6. The van der Waals surface area contributed by atoms with Gasteiger partial charge in [-0.3, -0.25) is 0 Å². The van der Waals surface area contributed by atoms with Crippen LogP contribution >= 0.6 is 7.82 Å². The molecule has 0 N–H and O–H groups in total. The second-order valence-electron chi connectivity index (χ2n) is 0.447. The molecule has 0 aromatic heterocycles. The normalized spacial score (nSPS) is 8.43. The molecule has 0 spiro atoms. The van der Waals surface area contributed by atoms with Crippen molar-refractivity contribution in [2.45, 2.75) is 0 Å². The number of rotatable bonds is 0. The summed E-state index contributed by atoms with van der Waals surface area (Å²) >= 11 is 0. The van der Waals surface area contributed by atoms with E-state index in [0.717, 1.165) is 0 Å².